The van der Waals surface area contributed by atoms with E-state index in [4.69, 9.17) is 0 Å². The van der Waals surface area contributed by atoms with Gasteiger partial charge in [0.1, 0.15) is 18.0 Å². The van der Waals surface area contributed by atoms with E-state index in [0.29, 0.717) is 0 Å². The Hall–Kier alpha value is -2.15. The fraction of sp³-hybridized carbons (Fsp3) is 0.533. The van der Waals surface area contributed by atoms with Crippen molar-refractivity contribution in [1.82, 2.24) is 19.7 Å². The molecule has 2 N–H and O–H groups in total. The van der Waals surface area contributed by atoms with Gasteiger partial charge in [-0.15, -0.1) is 0 Å². The molecule has 1 fully saturated rings. The summed E-state index contributed by atoms with van der Waals surface area (Å²) in [6.45, 7) is 2.84. The van der Waals surface area contributed by atoms with Crippen molar-refractivity contribution >= 4 is 11.6 Å². The number of aryl methyl sites for hydroxylation is 1. The minimum absolute atomic E-state index is 0.177. The van der Waals surface area contributed by atoms with Gasteiger partial charge in [-0.05, 0) is 25.3 Å². The molecule has 2 aromatic heterocycles. The highest BCUT2D eigenvalue weighted by Gasteiger charge is 2.24. The average Bonchev–Trinajstić information content (AvgIpc) is 3.23. The molecule has 0 amide bonds. The first-order valence-corrected chi connectivity index (χ1v) is 7.77. The molecule has 2 aromatic rings. The Balaban J connectivity index is 1.52. The van der Waals surface area contributed by atoms with Crippen molar-refractivity contribution in [2.24, 2.45) is 0 Å². The van der Waals surface area contributed by atoms with E-state index >= 15 is 0 Å². The van der Waals surface area contributed by atoms with Crippen LogP contribution in [-0.2, 0) is 6.54 Å². The predicted octanol–water partition coefficient (Wildman–Crippen LogP) is 1.14. The van der Waals surface area contributed by atoms with E-state index < -0.39 is 0 Å². The van der Waals surface area contributed by atoms with Crippen molar-refractivity contribution in [3.05, 3.63) is 30.9 Å². The molecule has 3 rings (SSSR count). The van der Waals surface area contributed by atoms with Gasteiger partial charge < -0.3 is 15.3 Å². The topological polar surface area (TPSA) is 79.1 Å². The van der Waals surface area contributed by atoms with Gasteiger partial charge in [0.05, 0.1) is 12.6 Å². The Morgan fingerprint density at radius 3 is 3.14 bits per heavy atom. The van der Waals surface area contributed by atoms with Crippen molar-refractivity contribution in [3.63, 3.8) is 0 Å². The van der Waals surface area contributed by atoms with E-state index in [1.165, 1.54) is 0 Å². The van der Waals surface area contributed by atoms with E-state index in [1.54, 1.807) is 12.5 Å². The van der Waals surface area contributed by atoms with Crippen LogP contribution in [0.1, 0.15) is 19.3 Å². The summed E-state index contributed by atoms with van der Waals surface area (Å²) < 4.78 is 1.92. The summed E-state index contributed by atoms with van der Waals surface area (Å²) in [7, 11) is 0. The number of aromatic nitrogens is 4. The Bertz CT molecular complexity index is 573. The highest BCUT2D eigenvalue weighted by atomic mass is 16.3. The molecule has 22 heavy (non-hydrogen) atoms. The highest BCUT2D eigenvalue weighted by Crippen LogP contribution is 2.24. The van der Waals surface area contributed by atoms with Crippen molar-refractivity contribution in [2.75, 3.05) is 29.9 Å². The summed E-state index contributed by atoms with van der Waals surface area (Å²) in [5.74, 6) is 1.72. The number of hydrogen-bond donors (Lipinski definition) is 2. The molecule has 0 spiro atoms. The molecular weight excluding hydrogens is 280 g/mol. The van der Waals surface area contributed by atoms with Gasteiger partial charge in [0.15, 0.2) is 0 Å². The van der Waals surface area contributed by atoms with Crippen LogP contribution in [0, 0.1) is 0 Å². The second kappa shape index (κ2) is 7.22. The van der Waals surface area contributed by atoms with E-state index in [0.717, 1.165) is 50.5 Å². The van der Waals surface area contributed by atoms with Crippen LogP contribution in [0.5, 0.6) is 0 Å². The number of nitrogens with zero attached hydrogens (tertiary/aromatic N) is 5. The summed E-state index contributed by atoms with van der Waals surface area (Å²) in [5.41, 5.74) is 0. The van der Waals surface area contributed by atoms with Gasteiger partial charge in [0.2, 0.25) is 0 Å². The maximum absolute atomic E-state index is 9.42. The lowest BCUT2D eigenvalue weighted by molar-refractivity contribution is 0.266. The first kappa shape index (κ1) is 14.8. The van der Waals surface area contributed by atoms with Crippen molar-refractivity contribution in [2.45, 2.75) is 31.8 Å². The normalized spacial score (nSPS) is 17.9. The molecule has 118 valence electrons. The van der Waals surface area contributed by atoms with Crippen molar-refractivity contribution < 1.29 is 5.11 Å². The number of anilines is 2. The summed E-state index contributed by atoms with van der Waals surface area (Å²) in [6, 6.07) is 4.07. The molecule has 1 saturated heterocycles. The molecule has 0 unspecified atom stereocenters. The zero-order valence-electron chi connectivity index (χ0n) is 12.6. The summed E-state index contributed by atoms with van der Waals surface area (Å²) >= 11 is 0. The smallest absolute Gasteiger partial charge is 0.134 e. The molecule has 3 heterocycles. The first-order valence-electron chi connectivity index (χ1n) is 7.77. The van der Waals surface area contributed by atoms with Crippen LogP contribution in [0.3, 0.4) is 0 Å². The van der Waals surface area contributed by atoms with Gasteiger partial charge in [-0.3, -0.25) is 4.68 Å². The van der Waals surface area contributed by atoms with Crippen molar-refractivity contribution in [3.8, 4) is 0 Å². The number of aliphatic hydroxyl groups excluding tert-OH is 1. The lowest BCUT2D eigenvalue weighted by Gasteiger charge is -2.24. The lowest BCUT2D eigenvalue weighted by atomic mass is 10.2. The third-order valence-corrected chi connectivity index (χ3v) is 3.96. The monoisotopic (exact) mass is 302 g/mol. The fourth-order valence-corrected chi connectivity index (χ4v) is 2.82. The molecule has 0 radical (unpaired) electrons. The number of aliphatic hydroxyl groups is 1. The standard InChI is InChI=1S/C15H22N6O/c22-11-13-4-1-9-21(13)15-10-14(17-12-18-15)16-5-2-7-20-8-3-6-19-20/h3,6,8,10,12-13,22H,1-2,4-5,7,9,11H2,(H,16,17,18)/t13-/m0/s1. The second-order valence-corrected chi connectivity index (χ2v) is 5.48. The van der Waals surface area contributed by atoms with E-state index in [1.807, 2.05) is 23.0 Å². The number of rotatable bonds is 7. The highest BCUT2D eigenvalue weighted by molar-refractivity contribution is 5.49. The van der Waals surface area contributed by atoms with Crippen LogP contribution >= 0.6 is 0 Å². The quantitative estimate of drug-likeness (QED) is 0.747. The fourth-order valence-electron chi connectivity index (χ4n) is 2.82. The Morgan fingerprint density at radius 1 is 1.36 bits per heavy atom. The third-order valence-electron chi connectivity index (χ3n) is 3.96. The van der Waals surface area contributed by atoms with Gasteiger partial charge in [-0.25, -0.2) is 9.97 Å². The molecule has 1 aliphatic rings. The van der Waals surface area contributed by atoms with Crippen molar-refractivity contribution in [1.29, 1.82) is 0 Å². The predicted molar refractivity (Wildman–Crippen MR) is 84.8 cm³/mol. The van der Waals surface area contributed by atoms with Gasteiger partial charge in [-0.2, -0.15) is 5.10 Å². The molecule has 7 heteroatoms. The van der Waals surface area contributed by atoms with Crippen LogP contribution in [-0.4, -0.2) is 50.6 Å². The number of nitrogens with one attached hydrogen (secondary N) is 1. The molecule has 1 aliphatic heterocycles. The minimum atomic E-state index is 0.177. The van der Waals surface area contributed by atoms with Gasteiger partial charge in [0.25, 0.3) is 0 Å². The Kier molecular flexibility index (Phi) is 4.85. The van der Waals surface area contributed by atoms with E-state index in [9.17, 15) is 5.11 Å². The van der Waals surface area contributed by atoms with E-state index in [-0.39, 0.29) is 12.6 Å². The summed E-state index contributed by atoms with van der Waals surface area (Å²) in [4.78, 5) is 10.8. The largest absolute Gasteiger partial charge is 0.394 e. The molecule has 0 bridgehead atoms. The summed E-state index contributed by atoms with van der Waals surface area (Å²) in [6.07, 6.45) is 8.43. The minimum Gasteiger partial charge on any atom is -0.394 e. The molecule has 7 nitrogen and oxygen atoms in total. The van der Waals surface area contributed by atoms with Gasteiger partial charge >= 0.3 is 0 Å². The molecule has 0 aromatic carbocycles. The van der Waals surface area contributed by atoms with Crippen LogP contribution in [0.4, 0.5) is 11.6 Å². The van der Waals surface area contributed by atoms with Gasteiger partial charge in [-0.1, -0.05) is 0 Å². The average molecular weight is 302 g/mol. The van der Waals surface area contributed by atoms with Crippen LogP contribution in [0.25, 0.3) is 0 Å². The SMILES string of the molecule is OC[C@@H]1CCCN1c1cc(NCCCn2cccn2)ncn1. The number of hydrogen-bond acceptors (Lipinski definition) is 6. The lowest BCUT2D eigenvalue weighted by Crippen LogP contribution is -2.32. The van der Waals surface area contributed by atoms with Crippen LogP contribution in [0.15, 0.2) is 30.9 Å². The molecular formula is C15H22N6O. The van der Waals surface area contributed by atoms with E-state index in [2.05, 4.69) is 25.3 Å². The maximum atomic E-state index is 9.42. The zero-order valence-corrected chi connectivity index (χ0v) is 12.6. The Labute approximate surface area is 130 Å². The zero-order chi connectivity index (χ0) is 15.2. The molecule has 0 aliphatic carbocycles. The van der Waals surface area contributed by atoms with Crippen LogP contribution in [0.2, 0.25) is 0 Å². The van der Waals surface area contributed by atoms with Crippen LogP contribution < -0.4 is 10.2 Å². The molecule has 1 atom stereocenters. The third kappa shape index (κ3) is 3.54. The Morgan fingerprint density at radius 2 is 2.32 bits per heavy atom. The molecule has 0 saturated carbocycles. The first-order chi connectivity index (χ1) is 10.9. The maximum Gasteiger partial charge on any atom is 0.134 e. The van der Waals surface area contributed by atoms with Gasteiger partial charge in [0, 0.05) is 38.1 Å². The second-order valence-electron chi connectivity index (χ2n) is 5.48. The summed E-state index contributed by atoms with van der Waals surface area (Å²) in [5, 5.41) is 16.9.